The van der Waals surface area contributed by atoms with E-state index >= 15 is 0 Å². The summed E-state index contributed by atoms with van der Waals surface area (Å²) in [5.41, 5.74) is 2.82. The summed E-state index contributed by atoms with van der Waals surface area (Å²) in [7, 11) is 0. The van der Waals surface area contributed by atoms with Gasteiger partial charge in [-0.15, -0.1) is 0 Å². The molecule has 2 atom stereocenters. The van der Waals surface area contributed by atoms with Gasteiger partial charge in [0.05, 0.1) is 13.2 Å². The van der Waals surface area contributed by atoms with Gasteiger partial charge in [0.1, 0.15) is 0 Å². The first-order chi connectivity index (χ1) is 10.2. The smallest absolute Gasteiger partial charge is 0.0594 e. The van der Waals surface area contributed by atoms with Crippen molar-refractivity contribution in [3.05, 3.63) is 35.4 Å². The molecule has 1 aromatic rings. The maximum atomic E-state index is 5.40. The normalized spacial score (nSPS) is 19.4. The zero-order chi connectivity index (χ0) is 15.1. The van der Waals surface area contributed by atoms with Crippen LogP contribution in [-0.4, -0.2) is 43.8 Å². The van der Waals surface area contributed by atoms with E-state index in [2.05, 4.69) is 55.3 Å². The maximum absolute atomic E-state index is 5.40. The molecule has 1 aromatic carbocycles. The van der Waals surface area contributed by atoms with Crippen LogP contribution in [0, 0.1) is 0 Å². The fourth-order valence-corrected chi connectivity index (χ4v) is 3.01. The standard InChI is InChI=1S/C18H30N2O/c1-4-5-17-6-8-18(9-7-17)16(3)19-15(2)14-20-10-12-21-13-11-20/h6-9,15-16,19H,4-5,10-14H2,1-3H3. The molecule has 2 unspecified atom stereocenters. The minimum absolute atomic E-state index is 0.400. The van der Waals surface area contributed by atoms with Crippen LogP contribution in [0.4, 0.5) is 0 Å². The van der Waals surface area contributed by atoms with E-state index in [0.29, 0.717) is 12.1 Å². The highest BCUT2D eigenvalue weighted by Gasteiger charge is 2.15. The van der Waals surface area contributed by atoms with E-state index in [1.54, 1.807) is 0 Å². The lowest BCUT2D eigenvalue weighted by atomic mass is 10.0. The quantitative estimate of drug-likeness (QED) is 0.835. The molecule has 3 nitrogen and oxygen atoms in total. The molecule has 1 aliphatic heterocycles. The Kier molecular flexibility index (Phi) is 6.68. The molecule has 0 spiro atoms. The summed E-state index contributed by atoms with van der Waals surface area (Å²) < 4.78 is 5.40. The van der Waals surface area contributed by atoms with Gasteiger partial charge in [-0.1, -0.05) is 37.6 Å². The van der Waals surface area contributed by atoms with Gasteiger partial charge in [0.2, 0.25) is 0 Å². The van der Waals surface area contributed by atoms with Gasteiger partial charge >= 0.3 is 0 Å². The Morgan fingerprint density at radius 2 is 1.81 bits per heavy atom. The molecule has 1 saturated heterocycles. The van der Waals surface area contributed by atoms with Crippen LogP contribution < -0.4 is 5.32 Å². The van der Waals surface area contributed by atoms with E-state index in [1.165, 1.54) is 24.0 Å². The summed E-state index contributed by atoms with van der Waals surface area (Å²) in [5.74, 6) is 0. The molecule has 118 valence electrons. The van der Waals surface area contributed by atoms with Gasteiger partial charge in [-0.3, -0.25) is 4.90 Å². The van der Waals surface area contributed by atoms with Crippen LogP contribution in [0.15, 0.2) is 24.3 Å². The van der Waals surface area contributed by atoms with E-state index in [-0.39, 0.29) is 0 Å². The van der Waals surface area contributed by atoms with Crippen molar-refractivity contribution in [1.82, 2.24) is 10.2 Å². The van der Waals surface area contributed by atoms with Gasteiger partial charge in [-0.25, -0.2) is 0 Å². The van der Waals surface area contributed by atoms with Gasteiger partial charge in [-0.2, -0.15) is 0 Å². The number of nitrogens with zero attached hydrogens (tertiary/aromatic N) is 1. The fourth-order valence-electron chi connectivity index (χ4n) is 3.01. The third kappa shape index (κ3) is 5.42. The summed E-state index contributed by atoms with van der Waals surface area (Å²) in [6.07, 6.45) is 2.39. The second-order valence-corrected chi connectivity index (χ2v) is 6.19. The minimum Gasteiger partial charge on any atom is -0.379 e. The molecule has 1 fully saturated rings. The number of hydrogen-bond donors (Lipinski definition) is 1. The van der Waals surface area contributed by atoms with Crippen LogP contribution in [0.1, 0.15) is 44.4 Å². The first-order valence-electron chi connectivity index (χ1n) is 8.34. The number of nitrogens with one attached hydrogen (secondary N) is 1. The molecular formula is C18H30N2O. The van der Waals surface area contributed by atoms with Crippen molar-refractivity contribution in [2.75, 3.05) is 32.8 Å². The summed E-state index contributed by atoms with van der Waals surface area (Å²) in [4.78, 5) is 2.48. The number of benzene rings is 1. The van der Waals surface area contributed by atoms with Crippen LogP contribution in [-0.2, 0) is 11.2 Å². The van der Waals surface area contributed by atoms with Crippen molar-refractivity contribution in [2.24, 2.45) is 0 Å². The van der Waals surface area contributed by atoms with Crippen LogP contribution in [0.2, 0.25) is 0 Å². The fraction of sp³-hybridized carbons (Fsp3) is 0.667. The summed E-state index contributed by atoms with van der Waals surface area (Å²) >= 11 is 0. The third-order valence-corrected chi connectivity index (χ3v) is 4.19. The summed E-state index contributed by atoms with van der Waals surface area (Å²) in [6, 6.07) is 9.96. The molecule has 1 aliphatic rings. The van der Waals surface area contributed by atoms with Gasteiger partial charge in [0, 0.05) is 31.7 Å². The van der Waals surface area contributed by atoms with E-state index in [4.69, 9.17) is 4.74 Å². The van der Waals surface area contributed by atoms with Crippen LogP contribution in [0.3, 0.4) is 0 Å². The molecule has 0 aliphatic carbocycles. The average Bonchev–Trinajstić information content (AvgIpc) is 2.49. The Hall–Kier alpha value is -0.900. The molecule has 0 bridgehead atoms. The molecule has 1 heterocycles. The Balaban J connectivity index is 1.80. The summed E-state index contributed by atoms with van der Waals surface area (Å²) in [6.45, 7) is 11.7. The Labute approximate surface area is 129 Å². The van der Waals surface area contributed by atoms with Crippen molar-refractivity contribution < 1.29 is 4.74 Å². The second kappa shape index (κ2) is 8.52. The molecule has 0 aromatic heterocycles. The molecule has 0 radical (unpaired) electrons. The third-order valence-electron chi connectivity index (χ3n) is 4.19. The number of ether oxygens (including phenoxy) is 1. The van der Waals surface area contributed by atoms with Crippen molar-refractivity contribution in [2.45, 2.75) is 45.7 Å². The van der Waals surface area contributed by atoms with Crippen LogP contribution >= 0.6 is 0 Å². The van der Waals surface area contributed by atoms with Gasteiger partial charge in [0.25, 0.3) is 0 Å². The Bertz CT molecular complexity index is 398. The summed E-state index contributed by atoms with van der Waals surface area (Å²) in [5, 5.41) is 3.71. The van der Waals surface area contributed by atoms with E-state index in [0.717, 1.165) is 32.8 Å². The maximum Gasteiger partial charge on any atom is 0.0594 e. The van der Waals surface area contributed by atoms with Crippen LogP contribution in [0.25, 0.3) is 0 Å². The first kappa shape index (κ1) is 16.5. The number of rotatable bonds is 7. The first-order valence-corrected chi connectivity index (χ1v) is 8.34. The van der Waals surface area contributed by atoms with Gasteiger partial charge in [-0.05, 0) is 31.4 Å². The SMILES string of the molecule is CCCc1ccc(C(C)NC(C)CN2CCOCC2)cc1. The topological polar surface area (TPSA) is 24.5 Å². The van der Waals surface area contributed by atoms with Gasteiger partial charge in [0.15, 0.2) is 0 Å². The number of hydrogen-bond acceptors (Lipinski definition) is 3. The zero-order valence-corrected chi connectivity index (χ0v) is 13.8. The van der Waals surface area contributed by atoms with E-state index in [1.807, 2.05) is 0 Å². The van der Waals surface area contributed by atoms with Crippen molar-refractivity contribution in [3.63, 3.8) is 0 Å². The molecule has 21 heavy (non-hydrogen) atoms. The number of aryl methyl sites for hydroxylation is 1. The molecular weight excluding hydrogens is 260 g/mol. The molecule has 0 saturated carbocycles. The van der Waals surface area contributed by atoms with Crippen molar-refractivity contribution >= 4 is 0 Å². The Morgan fingerprint density at radius 3 is 2.43 bits per heavy atom. The second-order valence-electron chi connectivity index (χ2n) is 6.19. The van der Waals surface area contributed by atoms with Crippen LogP contribution in [0.5, 0.6) is 0 Å². The van der Waals surface area contributed by atoms with E-state index in [9.17, 15) is 0 Å². The predicted molar refractivity (Wildman–Crippen MR) is 88.7 cm³/mol. The van der Waals surface area contributed by atoms with Crippen molar-refractivity contribution in [1.29, 1.82) is 0 Å². The zero-order valence-electron chi connectivity index (χ0n) is 13.8. The highest BCUT2D eigenvalue weighted by Crippen LogP contribution is 2.15. The largest absolute Gasteiger partial charge is 0.379 e. The molecule has 0 amide bonds. The number of morpholine rings is 1. The van der Waals surface area contributed by atoms with E-state index < -0.39 is 0 Å². The van der Waals surface area contributed by atoms with Crippen molar-refractivity contribution in [3.8, 4) is 0 Å². The highest BCUT2D eigenvalue weighted by molar-refractivity contribution is 5.24. The Morgan fingerprint density at radius 1 is 1.14 bits per heavy atom. The minimum atomic E-state index is 0.400. The molecule has 3 heteroatoms. The lowest BCUT2D eigenvalue weighted by Gasteiger charge is -2.30. The lowest BCUT2D eigenvalue weighted by molar-refractivity contribution is 0.0339. The highest BCUT2D eigenvalue weighted by atomic mass is 16.5. The average molecular weight is 290 g/mol. The lowest BCUT2D eigenvalue weighted by Crippen LogP contribution is -2.44. The predicted octanol–water partition coefficient (Wildman–Crippen LogP) is 3.01. The molecule has 2 rings (SSSR count). The molecule has 1 N–H and O–H groups in total. The monoisotopic (exact) mass is 290 g/mol. The van der Waals surface area contributed by atoms with Gasteiger partial charge < -0.3 is 10.1 Å².